The largest absolute Gasteiger partial charge is 0.354 e. The van der Waals surface area contributed by atoms with E-state index in [-0.39, 0.29) is 17.4 Å². The predicted molar refractivity (Wildman–Crippen MR) is 89.2 cm³/mol. The van der Waals surface area contributed by atoms with Gasteiger partial charge in [0.25, 0.3) is 0 Å². The molecule has 1 amide bonds. The molecule has 0 aromatic heterocycles. The zero-order valence-electron chi connectivity index (χ0n) is 14.1. The maximum absolute atomic E-state index is 12.6. The van der Waals surface area contributed by atoms with Crippen LogP contribution in [0.3, 0.4) is 0 Å². The van der Waals surface area contributed by atoms with Gasteiger partial charge in [-0.3, -0.25) is 9.69 Å². The molecular formula is C18H30N2O. The molecule has 1 aromatic rings. The number of nitrogens with one attached hydrogen (secondary N) is 1. The Morgan fingerprint density at radius 3 is 2.19 bits per heavy atom. The Morgan fingerprint density at radius 1 is 1.14 bits per heavy atom. The van der Waals surface area contributed by atoms with Crippen LogP contribution in [0.25, 0.3) is 0 Å². The van der Waals surface area contributed by atoms with Crippen LogP contribution in [-0.2, 0) is 4.79 Å². The SMILES string of the molecule is CCN(CC)C(C(=O)NCCC(C)(C)C)c1ccccc1. The molecule has 3 heteroatoms. The maximum Gasteiger partial charge on any atom is 0.241 e. The molecule has 0 aliphatic heterocycles. The lowest BCUT2D eigenvalue weighted by Crippen LogP contribution is -2.41. The third-order valence-electron chi connectivity index (χ3n) is 3.72. The number of carbonyl (C=O) groups excluding carboxylic acids is 1. The van der Waals surface area contributed by atoms with Crippen LogP contribution in [0.2, 0.25) is 0 Å². The summed E-state index contributed by atoms with van der Waals surface area (Å²) in [5, 5.41) is 3.11. The van der Waals surface area contributed by atoms with Crippen LogP contribution in [0, 0.1) is 5.41 Å². The second-order valence-electron chi connectivity index (χ2n) is 6.64. The number of rotatable bonds is 7. The third kappa shape index (κ3) is 5.88. The summed E-state index contributed by atoms with van der Waals surface area (Å²) >= 11 is 0. The highest BCUT2D eigenvalue weighted by molar-refractivity contribution is 5.83. The highest BCUT2D eigenvalue weighted by Gasteiger charge is 2.25. The van der Waals surface area contributed by atoms with Crippen molar-refractivity contribution in [2.24, 2.45) is 5.41 Å². The molecule has 1 N–H and O–H groups in total. The summed E-state index contributed by atoms with van der Waals surface area (Å²) in [4.78, 5) is 14.8. The molecule has 0 bridgehead atoms. The van der Waals surface area contributed by atoms with Gasteiger partial charge in [0.1, 0.15) is 6.04 Å². The topological polar surface area (TPSA) is 32.3 Å². The molecule has 0 aliphatic rings. The van der Waals surface area contributed by atoms with E-state index in [4.69, 9.17) is 0 Å². The molecular weight excluding hydrogens is 260 g/mol. The maximum atomic E-state index is 12.6. The van der Waals surface area contributed by atoms with Gasteiger partial charge in [-0.1, -0.05) is 65.0 Å². The van der Waals surface area contributed by atoms with Gasteiger partial charge in [0.15, 0.2) is 0 Å². The number of benzene rings is 1. The smallest absolute Gasteiger partial charge is 0.241 e. The van der Waals surface area contributed by atoms with E-state index in [1.165, 1.54) is 0 Å². The molecule has 0 radical (unpaired) electrons. The van der Waals surface area contributed by atoms with E-state index in [1.54, 1.807) is 0 Å². The quantitative estimate of drug-likeness (QED) is 0.832. The zero-order valence-corrected chi connectivity index (χ0v) is 14.1. The molecule has 0 saturated carbocycles. The molecule has 21 heavy (non-hydrogen) atoms. The van der Waals surface area contributed by atoms with Crippen molar-refractivity contribution in [2.45, 2.75) is 47.1 Å². The lowest BCUT2D eigenvalue weighted by Gasteiger charge is -2.29. The number of likely N-dealkylation sites (N-methyl/N-ethyl adjacent to an activating group) is 1. The van der Waals surface area contributed by atoms with Crippen molar-refractivity contribution in [2.75, 3.05) is 19.6 Å². The van der Waals surface area contributed by atoms with Gasteiger partial charge >= 0.3 is 0 Å². The Bertz CT molecular complexity index is 419. The molecule has 0 heterocycles. The average Bonchev–Trinajstić information content (AvgIpc) is 2.44. The lowest BCUT2D eigenvalue weighted by molar-refractivity contribution is -0.126. The molecule has 0 fully saturated rings. The summed E-state index contributed by atoms with van der Waals surface area (Å²) in [6, 6.07) is 9.85. The van der Waals surface area contributed by atoms with E-state index >= 15 is 0 Å². The number of hydrogen-bond donors (Lipinski definition) is 1. The minimum atomic E-state index is -0.193. The Kier molecular flexibility index (Phi) is 6.90. The van der Waals surface area contributed by atoms with Crippen molar-refractivity contribution in [3.8, 4) is 0 Å². The van der Waals surface area contributed by atoms with E-state index in [0.717, 1.165) is 31.6 Å². The molecule has 3 nitrogen and oxygen atoms in total. The fourth-order valence-electron chi connectivity index (χ4n) is 2.41. The molecule has 1 rings (SSSR count). The Hall–Kier alpha value is -1.35. The van der Waals surface area contributed by atoms with Gasteiger partial charge in [-0.2, -0.15) is 0 Å². The predicted octanol–water partition coefficient (Wildman–Crippen LogP) is 3.62. The first kappa shape index (κ1) is 17.7. The minimum absolute atomic E-state index is 0.106. The fraction of sp³-hybridized carbons (Fsp3) is 0.611. The summed E-state index contributed by atoms with van der Waals surface area (Å²) in [7, 11) is 0. The standard InChI is InChI=1S/C18H30N2O/c1-6-20(7-2)16(15-11-9-8-10-12-15)17(21)19-14-13-18(3,4)5/h8-12,16H,6-7,13-14H2,1-5H3,(H,19,21). The van der Waals surface area contributed by atoms with E-state index in [0.29, 0.717) is 0 Å². The highest BCUT2D eigenvalue weighted by Crippen LogP contribution is 2.21. The van der Waals surface area contributed by atoms with Crippen molar-refractivity contribution < 1.29 is 4.79 Å². The van der Waals surface area contributed by atoms with Crippen LogP contribution in [0.1, 0.15) is 52.6 Å². The van der Waals surface area contributed by atoms with Crippen molar-refractivity contribution in [1.82, 2.24) is 10.2 Å². The molecule has 1 atom stereocenters. The van der Waals surface area contributed by atoms with Gasteiger partial charge in [-0.25, -0.2) is 0 Å². The second-order valence-corrected chi connectivity index (χ2v) is 6.64. The van der Waals surface area contributed by atoms with Crippen LogP contribution in [0.15, 0.2) is 30.3 Å². The summed E-state index contributed by atoms with van der Waals surface area (Å²) < 4.78 is 0. The number of nitrogens with zero attached hydrogens (tertiary/aromatic N) is 1. The van der Waals surface area contributed by atoms with Crippen molar-refractivity contribution >= 4 is 5.91 Å². The van der Waals surface area contributed by atoms with E-state index < -0.39 is 0 Å². The minimum Gasteiger partial charge on any atom is -0.354 e. The van der Waals surface area contributed by atoms with Gasteiger partial charge < -0.3 is 5.32 Å². The average molecular weight is 290 g/mol. The van der Waals surface area contributed by atoms with Crippen LogP contribution >= 0.6 is 0 Å². The van der Waals surface area contributed by atoms with Crippen LogP contribution < -0.4 is 5.32 Å². The Morgan fingerprint density at radius 2 is 1.71 bits per heavy atom. The second kappa shape index (κ2) is 8.18. The highest BCUT2D eigenvalue weighted by atomic mass is 16.2. The first-order valence-electron chi connectivity index (χ1n) is 7.95. The van der Waals surface area contributed by atoms with E-state index in [9.17, 15) is 4.79 Å². The van der Waals surface area contributed by atoms with Gasteiger partial charge in [0.2, 0.25) is 5.91 Å². The molecule has 1 unspecified atom stereocenters. The van der Waals surface area contributed by atoms with Gasteiger partial charge in [-0.15, -0.1) is 0 Å². The van der Waals surface area contributed by atoms with E-state index in [2.05, 4.69) is 44.8 Å². The lowest BCUT2D eigenvalue weighted by atomic mass is 9.92. The normalized spacial score (nSPS) is 13.2. The fourth-order valence-corrected chi connectivity index (χ4v) is 2.41. The molecule has 118 valence electrons. The van der Waals surface area contributed by atoms with Crippen LogP contribution in [-0.4, -0.2) is 30.4 Å². The van der Waals surface area contributed by atoms with Gasteiger partial charge in [0, 0.05) is 6.54 Å². The van der Waals surface area contributed by atoms with Crippen LogP contribution in [0.4, 0.5) is 0 Å². The van der Waals surface area contributed by atoms with Crippen molar-refractivity contribution in [1.29, 1.82) is 0 Å². The molecule has 1 aromatic carbocycles. The molecule has 0 spiro atoms. The number of carbonyl (C=O) groups is 1. The monoisotopic (exact) mass is 290 g/mol. The van der Waals surface area contributed by atoms with E-state index in [1.807, 2.05) is 30.3 Å². The Balaban J connectivity index is 2.79. The number of amides is 1. The van der Waals surface area contributed by atoms with Crippen molar-refractivity contribution in [3.63, 3.8) is 0 Å². The Labute approximate surface area is 129 Å². The van der Waals surface area contributed by atoms with Gasteiger partial charge in [-0.05, 0) is 30.5 Å². The first-order valence-corrected chi connectivity index (χ1v) is 7.95. The summed E-state index contributed by atoms with van der Waals surface area (Å²) in [5.74, 6) is 0.106. The number of hydrogen-bond acceptors (Lipinski definition) is 2. The van der Waals surface area contributed by atoms with Gasteiger partial charge in [0.05, 0.1) is 0 Å². The summed E-state index contributed by atoms with van der Waals surface area (Å²) in [6.45, 7) is 13.2. The summed E-state index contributed by atoms with van der Waals surface area (Å²) in [6.07, 6.45) is 0.985. The first-order chi connectivity index (χ1) is 9.89. The van der Waals surface area contributed by atoms with Crippen LogP contribution in [0.5, 0.6) is 0 Å². The third-order valence-corrected chi connectivity index (χ3v) is 3.72. The van der Waals surface area contributed by atoms with Crippen molar-refractivity contribution in [3.05, 3.63) is 35.9 Å². The zero-order chi connectivity index (χ0) is 15.9. The molecule has 0 saturated heterocycles. The summed E-state index contributed by atoms with van der Waals surface area (Å²) in [5.41, 5.74) is 1.31. The molecule has 0 aliphatic carbocycles.